The van der Waals surface area contributed by atoms with E-state index < -0.39 is 0 Å². The zero-order valence-corrected chi connectivity index (χ0v) is 19.0. The van der Waals surface area contributed by atoms with E-state index in [4.69, 9.17) is 0 Å². The summed E-state index contributed by atoms with van der Waals surface area (Å²) in [5.74, 6) is -0.202. The first kappa shape index (κ1) is 23.0. The summed E-state index contributed by atoms with van der Waals surface area (Å²) in [6.07, 6.45) is 3.67. The van der Waals surface area contributed by atoms with E-state index in [1.165, 1.54) is 0 Å². The lowest BCUT2D eigenvalue weighted by Gasteiger charge is -2.13. The van der Waals surface area contributed by atoms with Gasteiger partial charge in [-0.25, -0.2) is 0 Å². The first-order valence-electron chi connectivity index (χ1n) is 11.6. The number of hydrogen-bond donors (Lipinski definition) is 2. The quantitative estimate of drug-likeness (QED) is 0.278. The number of aryl methyl sites for hydroxylation is 2. The van der Waals surface area contributed by atoms with Gasteiger partial charge in [0, 0.05) is 22.5 Å². The minimum absolute atomic E-state index is 0.101. The summed E-state index contributed by atoms with van der Waals surface area (Å²) >= 11 is 0. The zero-order chi connectivity index (χ0) is 23.6. The van der Waals surface area contributed by atoms with Crippen LogP contribution in [-0.4, -0.2) is 11.8 Å². The maximum Gasteiger partial charge on any atom is 0.255 e. The third-order valence-corrected chi connectivity index (χ3v) is 5.75. The van der Waals surface area contributed by atoms with Gasteiger partial charge in [0.1, 0.15) is 0 Å². The molecule has 0 saturated carbocycles. The Labute approximate surface area is 200 Å². The fourth-order valence-electron chi connectivity index (χ4n) is 3.92. The molecule has 0 aliphatic carbocycles. The third-order valence-electron chi connectivity index (χ3n) is 5.75. The van der Waals surface area contributed by atoms with Crippen LogP contribution >= 0.6 is 0 Å². The molecule has 0 radical (unpaired) electrons. The van der Waals surface area contributed by atoms with Crippen LogP contribution in [0.3, 0.4) is 0 Å². The second-order valence-electron chi connectivity index (χ2n) is 8.16. The van der Waals surface area contributed by atoms with Crippen LogP contribution in [0.15, 0.2) is 109 Å². The predicted molar refractivity (Wildman–Crippen MR) is 138 cm³/mol. The van der Waals surface area contributed by atoms with Crippen molar-refractivity contribution >= 4 is 23.2 Å². The van der Waals surface area contributed by atoms with E-state index in [2.05, 4.69) is 22.8 Å². The Morgan fingerprint density at radius 2 is 0.824 bits per heavy atom. The first-order valence-corrected chi connectivity index (χ1v) is 11.6. The van der Waals surface area contributed by atoms with E-state index in [9.17, 15) is 9.59 Å². The van der Waals surface area contributed by atoms with Gasteiger partial charge in [-0.15, -0.1) is 0 Å². The van der Waals surface area contributed by atoms with Crippen molar-refractivity contribution < 1.29 is 9.59 Å². The molecule has 0 fully saturated rings. The Bertz CT molecular complexity index is 1140. The molecule has 2 amide bonds. The fraction of sp³-hybridized carbons (Fsp3) is 0.133. The van der Waals surface area contributed by atoms with E-state index in [0.717, 1.165) is 48.2 Å². The number of para-hydroxylation sites is 2. The van der Waals surface area contributed by atoms with Crippen LogP contribution < -0.4 is 10.6 Å². The Hall–Kier alpha value is -4.18. The lowest BCUT2D eigenvalue weighted by molar-refractivity contribution is 0.101. The summed E-state index contributed by atoms with van der Waals surface area (Å²) in [7, 11) is 0. The topological polar surface area (TPSA) is 58.2 Å². The monoisotopic (exact) mass is 448 g/mol. The maximum absolute atomic E-state index is 12.6. The van der Waals surface area contributed by atoms with Crippen LogP contribution in [-0.2, 0) is 12.8 Å². The molecule has 0 saturated heterocycles. The van der Waals surface area contributed by atoms with Crippen LogP contribution in [0, 0.1) is 0 Å². The Balaban J connectivity index is 1.33. The molecule has 4 aromatic carbocycles. The lowest BCUT2D eigenvalue weighted by atomic mass is 10.0. The van der Waals surface area contributed by atoms with Crippen LogP contribution in [0.5, 0.6) is 0 Å². The van der Waals surface area contributed by atoms with Crippen molar-refractivity contribution in [1.82, 2.24) is 0 Å². The summed E-state index contributed by atoms with van der Waals surface area (Å²) < 4.78 is 0. The number of rotatable bonds is 9. The van der Waals surface area contributed by atoms with E-state index in [0.29, 0.717) is 11.1 Å². The molecule has 0 unspecified atom stereocenters. The van der Waals surface area contributed by atoms with Gasteiger partial charge in [-0.3, -0.25) is 9.59 Å². The van der Waals surface area contributed by atoms with Crippen molar-refractivity contribution in [3.05, 3.63) is 131 Å². The normalized spacial score (nSPS) is 10.5. The van der Waals surface area contributed by atoms with Crippen molar-refractivity contribution in [3.63, 3.8) is 0 Å². The standard InChI is InChI=1S/C30H28N2O2/c33-29(25-17-3-1-4-18-25)31-27-21-11-9-15-23(27)13-7-8-14-24-16-10-12-22-28(24)32-30(34)26-19-5-2-6-20-26/h1-6,9-12,15-22H,7-8,13-14H2,(H,31,33)(H,32,34). The molecule has 0 bridgehead atoms. The smallest absolute Gasteiger partial charge is 0.255 e. The summed E-state index contributed by atoms with van der Waals surface area (Å²) in [6.45, 7) is 0. The molecule has 0 aliphatic rings. The van der Waals surface area contributed by atoms with Crippen LogP contribution in [0.25, 0.3) is 0 Å². The number of hydrogen-bond acceptors (Lipinski definition) is 2. The maximum atomic E-state index is 12.6. The van der Waals surface area contributed by atoms with Gasteiger partial charge < -0.3 is 10.6 Å². The highest BCUT2D eigenvalue weighted by Gasteiger charge is 2.10. The summed E-state index contributed by atoms with van der Waals surface area (Å²) in [5, 5.41) is 6.09. The molecule has 170 valence electrons. The molecular formula is C30H28N2O2. The molecular weight excluding hydrogens is 420 g/mol. The average Bonchev–Trinajstić information content (AvgIpc) is 2.89. The van der Waals surface area contributed by atoms with Gasteiger partial charge in [-0.1, -0.05) is 72.8 Å². The molecule has 2 N–H and O–H groups in total. The number of benzene rings is 4. The Morgan fingerprint density at radius 3 is 1.24 bits per heavy atom. The Morgan fingerprint density at radius 1 is 0.471 bits per heavy atom. The second kappa shape index (κ2) is 11.6. The minimum Gasteiger partial charge on any atom is -0.322 e. The van der Waals surface area contributed by atoms with Crippen LogP contribution in [0.4, 0.5) is 11.4 Å². The van der Waals surface area contributed by atoms with Gasteiger partial charge in [0.25, 0.3) is 11.8 Å². The van der Waals surface area contributed by atoms with Crippen molar-refractivity contribution in [2.45, 2.75) is 25.7 Å². The fourth-order valence-corrected chi connectivity index (χ4v) is 3.92. The lowest BCUT2D eigenvalue weighted by Crippen LogP contribution is -2.13. The highest BCUT2D eigenvalue weighted by Crippen LogP contribution is 2.22. The van der Waals surface area contributed by atoms with Gasteiger partial charge >= 0.3 is 0 Å². The van der Waals surface area contributed by atoms with E-state index in [1.807, 2.05) is 97.1 Å². The third kappa shape index (κ3) is 6.20. The van der Waals surface area contributed by atoms with Gasteiger partial charge in [-0.2, -0.15) is 0 Å². The SMILES string of the molecule is O=C(Nc1ccccc1CCCCc1ccccc1NC(=O)c1ccccc1)c1ccccc1. The zero-order valence-electron chi connectivity index (χ0n) is 19.0. The highest BCUT2D eigenvalue weighted by atomic mass is 16.2. The van der Waals surface area contributed by atoms with E-state index in [1.54, 1.807) is 0 Å². The van der Waals surface area contributed by atoms with E-state index in [-0.39, 0.29) is 11.8 Å². The number of anilines is 2. The minimum atomic E-state index is -0.101. The molecule has 4 aromatic rings. The number of carbonyl (C=O) groups excluding carboxylic acids is 2. The number of unbranched alkanes of at least 4 members (excludes halogenated alkanes) is 1. The number of amides is 2. The molecule has 0 heterocycles. The first-order chi connectivity index (χ1) is 16.7. The van der Waals surface area contributed by atoms with Crippen LogP contribution in [0.2, 0.25) is 0 Å². The molecule has 4 heteroatoms. The van der Waals surface area contributed by atoms with E-state index >= 15 is 0 Å². The molecule has 4 nitrogen and oxygen atoms in total. The highest BCUT2D eigenvalue weighted by molar-refractivity contribution is 6.05. The van der Waals surface area contributed by atoms with Crippen molar-refractivity contribution in [3.8, 4) is 0 Å². The molecule has 34 heavy (non-hydrogen) atoms. The van der Waals surface area contributed by atoms with Crippen molar-refractivity contribution in [2.24, 2.45) is 0 Å². The average molecular weight is 449 g/mol. The molecule has 0 atom stereocenters. The Kier molecular flexibility index (Phi) is 7.86. The predicted octanol–water partition coefficient (Wildman–Crippen LogP) is 6.76. The molecule has 0 spiro atoms. The summed E-state index contributed by atoms with van der Waals surface area (Å²) in [6, 6.07) is 34.4. The molecule has 0 aliphatic heterocycles. The summed E-state index contributed by atoms with van der Waals surface area (Å²) in [5.41, 5.74) is 5.24. The van der Waals surface area contributed by atoms with Crippen molar-refractivity contribution in [1.29, 1.82) is 0 Å². The number of nitrogens with one attached hydrogen (secondary N) is 2. The molecule has 0 aromatic heterocycles. The summed E-state index contributed by atoms with van der Waals surface area (Å²) in [4.78, 5) is 25.1. The van der Waals surface area contributed by atoms with Crippen molar-refractivity contribution in [2.75, 3.05) is 10.6 Å². The largest absolute Gasteiger partial charge is 0.322 e. The molecule has 4 rings (SSSR count). The number of carbonyl (C=O) groups is 2. The second-order valence-corrected chi connectivity index (χ2v) is 8.16. The van der Waals surface area contributed by atoms with Gasteiger partial charge in [0.2, 0.25) is 0 Å². The van der Waals surface area contributed by atoms with Gasteiger partial charge in [-0.05, 0) is 73.2 Å². The van der Waals surface area contributed by atoms with Gasteiger partial charge in [0.15, 0.2) is 0 Å². The van der Waals surface area contributed by atoms with Crippen LogP contribution in [0.1, 0.15) is 44.7 Å². The van der Waals surface area contributed by atoms with Gasteiger partial charge in [0.05, 0.1) is 0 Å².